The highest BCUT2D eigenvalue weighted by molar-refractivity contribution is 7.15. The molecule has 1 aliphatic rings. The molecule has 0 bridgehead atoms. The average Bonchev–Trinajstić information content (AvgIpc) is 3.15. The molecule has 1 atom stereocenters. The van der Waals surface area contributed by atoms with Gasteiger partial charge in [-0.15, -0.1) is 21.5 Å². The standard InChI is InChI=1S/C20H20ClN5O2S/c1-10-11(2)29-20-17(10)18(13-4-6-14(21)7-5-13)23-15(8-16(27)28-9-22)19-25-24-12(3)26(19)20/h4-7,15H,8-9,22H2,1-3H3/t15-/m0/s1. The number of esters is 1. The number of carbonyl (C=O) groups is 1. The van der Waals surface area contributed by atoms with Crippen LogP contribution in [0.1, 0.15) is 45.7 Å². The predicted octanol–water partition coefficient (Wildman–Crippen LogP) is 3.65. The molecule has 2 N–H and O–H groups in total. The van der Waals surface area contributed by atoms with Crippen LogP contribution in [-0.4, -0.2) is 33.2 Å². The van der Waals surface area contributed by atoms with E-state index in [1.807, 2.05) is 35.8 Å². The van der Waals surface area contributed by atoms with Gasteiger partial charge >= 0.3 is 5.97 Å². The van der Waals surface area contributed by atoms with Crippen LogP contribution >= 0.6 is 22.9 Å². The van der Waals surface area contributed by atoms with Crippen LogP contribution in [0.2, 0.25) is 5.02 Å². The Hall–Kier alpha value is -2.55. The van der Waals surface area contributed by atoms with E-state index in [0.717, 1.165) is 33.2 Å². The summed E-state index contributed by atoms with van der Waals surface area (Å²) in [7, 11) is 0. The molecule has 7 nitrogen and oxygen atoms in total. The highest BCUT2D eigenvalue weighted by Gasteiger charge is 2.32. The minimum atomic E-state index is -0.541. The van der Waals surface area contributed by atoms with Crippen molar-refractivity contribution in [2.75, 3.05) is 6.73 Å². The molecule has 2 aromatic heterocycles. The van der Waals surface area contributed by atoms with Gasteiger partial charge in [0.05, 0.1) is 12.1 Å². The molecular weight excluding hydrogens is 410 g/mol. The lowest BCUT2D eigenvalue weighted by atomic mass is 9.99. The van der Waals surface area contributed by atoms with Crippen LogP contribution in [0.5, 0.6) is 0 Å². The zero-order valence-corrected chi connectivity index (χ0v) is 17.8. The summed E-state index contributed by atoms with van der Waals surface area (Å²) in [5.41, 5.74) is 9.25. The largest absolute Gasteiger partial charge is 0.450 e. The van der Waals surface area contributed by atoms with Crippen molar-refractivity contribution in [1.29, 1.82) is 0 Å². The molecule has 1 aliphatic heterocycles. The summed E-state index contributed by atoms with van der Waals surface area (Å²) in [5.74, 6) is 0.928. The van der Waals surface area contributed by atoms with Crippen molar-refractivity contribution in [3.63, 3.8) is 0 Å². The predicted molar refractivity (Wildman–Crippen MR) is 113 cm³/mol. The Morgan fingerprint density at radius 2 is 1.97 bits per heavy atom. The second-order valence-electron chi connectivity index (χ2n) is 6.79. The van der Waals surface area contributed by atoms with Crippen molar-refractivity contribution in [2.24, 2.45) is 10.7 Å². The molecule has 3 aromatic rings. The van der Waals surface area contributed by atoms with Gasteiger partial charge in [0.1, 0.15) is 23.6 Å². The Morgan fingerprint density at radius 1 is 1.24 bits per heavy atom. The lowest BCUT2D eigenvalue weighted by Gasteiger charge is -2.12. The molecule has 0 radical (unpaired) electrons. The Labute approximate surface area is 177 Å². The number of nitrogens with two attached hydrogens (primary N) is 1. The Morgan fingerprint density at radius 3 is 2.66 bits per heavy atom. The van der Waals surface area contributed by atoms with Gasteiger partial charge in [-0.1, -0.05) is 23.7 Å². The van der Waals surface area contributed by atoms with Gasteiger partial charge in [-0.2, -0.15) is 0 Å². The monoisotopic (exact) mass is 429 g/mol. The molecule has 1 aromatic carbocycles. The molecule has 4 rings (SSSR count). The summed E-state index contributed by atoms with van der Waals surface area (Å²) >= 11 is 7.76. The average molecular weight is 430 g/mol. The maximum Gasteiger partial charge on any atom is 0.309 e. The van der Waals surface area contributed by atoms with Gasteiger partial charge in [-0.3, -0.25) is 20.1 Å². The van der Waals surface area contributed by atoms with E-state index >= 15 is 0 Å². The Kier molecular flexibility index (Phi) is 5.24. The second kappa shape index (κ2) is 7.70. The molecule has 3 heterocycles. The Bertz CT molecular complexity index is 1120. The van der Waals surface area contributed by atoms with E-state index in [2.05, 4.69) is 24.0 Å². The minimum absolute atomic E-state index is 0.0272. The molecule has 0 fully saturated rings. The lowest BCUT2D eigenvalue weighted by Crippen LogP contribution is -2.16. The van der Waals surface area contributed by atoms with Gasteiger partial charge in [-0.05, 0) is 38.5 Å². The fraction of sp³-hybridized carbons (Fsp3) is 0.300. The van der Waals surface area contributed by atoms with Crippen LogP contribution in [-0.2, 0) is 9.53 Å². The van der Waals surface area contributed by atoms with E-state index < -0.39 is 12.0 Å². The molecular formula is C20H20ClN5O2S. The zero-order valence-electron chi connectivity index (χ0n) is 16.3. The van der Waals surface area contributed by atoms with Crippen LogP contribution < -0.4 is 5.73 Å². The van der Waals surface area contributed by atoms with Crippen molar-refractivity contribution in [3.05, 3.63) is 62.5 Å². The number of aliphatic imine (C=N–C) groups is 1. The van der Waals surface area contributed by atoms with Gasteiger partial charge in [-0.25, -0.2) is 0 Å². The second-order valence-corrected chi connectivity index (χ2v) is 8.43. The van der Waals surface area contributed by atoms with Crippen LogP contribution in [0.3, 0.4) is 0 Å². The zero-order chi connectivity index (χ0) is 20.7. The molecule has 0 saturated carbocycles. The summed E-state index contributed by atoms with van der Waals surface area (Å²) in [5, 5.41) is 10.2. The van der Waals surface area contributed by atoms with Crippen LogP contribution in [0, 0.1) is 20.8 Å². The van der Waals surface area contributed by atoms with E-state index in [0.29, 0.717) is 10.8 Å². The molecule has 0 unspecified atom stereocenters. The van der Waals surface area contributed by atoms with Crippen LogP contribution in [0.15, 0.2) is 29.3 Å². The summed E-state index contributed by atoms with van der Waals surface area (Å²) in [6.07, 6.45) is 0.0272. The Balaban J connectivity index is 1.96. The first kappa shape index (κ1) is 19.8. The smallest absolute Gasteiger partial charge is 0.309 e. The van der Waals surface area contributed by atoms with Gasteiger partial charge in [0, 0.05) is 21.0 Å². The highest BCUT2D eigenvalue weighted by Crippen LogP contribution is 2.39. The van der Waals surface area contributed by atoms with Crippen molar-refractivity contribution in [3.8, 4) is 5.00 Å². The molecule has 29 heavy (non-hydrogen) atoms. The number of aryl methyl sites for hydroxylation is 2. The number of benzene rings is 1. The number of hydrogen-bond donors (Lipinski definition) is 1. The van der Waals surface area contributed by atoms with E-state index in [-0.39, 0.29) is 13.2 Å². The van der Waals surface area contributed by atoms with E-state index in [1.165, 1.54) is 4.88 Å². The van der Waals surface area contributed by atoms with E-state index in [9.17, 15) is 4.79 Å². The lowest BCUT2D eigenvalue weighted by molar-refractivity contribution is -0.143. The first-order valence-electron chi connectivity index (χ1n) is 9.12. The number of nitrogens with zero attached hydrogens (tertiary/aromatic N) is 4. The maximum atomic E-state index is 12.2. The maximum absolute atomic E-state index is 12.2. The number of fused-ring (bicyclic) bond motifs is 3. The molecule has 150 valence electrons. The van der Waals surface area contributed by atoms with Crippen molar-refractivity contribution < 1.29 is 9.53 Å². The van der Waals surface area contributed by atoms with E-state index in [1.54, 1.807) is 11.3 Å². The first-order chi connectivity index (χ1) is 13.9. The topological polar surface area (TPSA) is 95.4 Å². The van der Waals surface area contributed by atoms with Gasteiger partial charge in [0.25, 0.3) is 0 Å². The number of carbonyl (C=O) groups excluding carboxylic acids is 1. The summed E-state index contributed by atoms with van der Waals surface area (Å²) in [6, 6.07) is 7.00. The van der Waals surface area contributed by atoms with Crippen molar-refractivity contribution >= 4 is 34.6 Å². The van der Waals surface area contributed by atoms with Gasteiger partial charge in [0.2, 0.25) is 0 Å². The summed E-state index contributed by atoms with van der Waals surface area (Å²) < 4.78 is 6.96. The van der Waals surface area contributed by atoms with Gasteiger partial charge in [0.15, 0.2) is 5.82 Å². The minimum Gasteiger partial charge on any atom is -0.450 e. The third-order valence-electron chi connectivity index (χ3n) is 4.96. The SMILES string of the molecule is Cc1sc2c(c1C)C(c1ccc(Cl)cc1)=N[C@@H](CC(=O)OCN)c1nnc(C)n1-2. The third kappa shape index (κ3) is 3.48. The number of halogens is 1. The first-order valence-corrected chi connectivity index (χ1v) is 10.3. The molecule has 0 aliphatic carbocycles. The number of rotatable bonds is 4. The molecule has 0 saturated heterocycles. The molecule has 9 heteroatoms. The van der Waals surface area contributed by atoms with Crippen molar-refractivity contribution in [1.82, 2.24) is 14.8 Å². The van der Waals surface area contributed by atoms with Crippen LogP contribution in [0.4, 0.5) is 0 Å². The number of thiophene rings is 1. The molecule has 0 spiro atoms. The normalized spacial score (nSPS) is 15.3. The fourth-order valence-corrected chi connectivity index (χ4v) is 4.78. The van der Waals surface area contributed by atoms with Crippen LogP contribution in [0.25, 0.3) is 5.00 Å². The number of aromatic nitrogens is 3. The number of ether oxygens (including phenoxy) is 1. The summed E-state index contributed by atoms with van der Waals surface area (Å²) in [4.78, 5) is 18.4. The highest BCUT2D eigenvalue weighted by atomic mass is 35.5. The van der Waals surface area contributed by atoms with E-state index in [4.69, 9.17) is 27.1 Å². The molecule has 0 amide bonds. The van der Waals surface area contributed by atoms with Crippen molar-refractivity contribution in [2.45, 2.75) is 33.2 Å². The fourth-order valence-electron chi connectivity index (χ4n) is 3.44. The van der Waals surface area contributed by atoms with Gasteiger partial charge < -0.3 is 4.74 Å². The quantitative estimate of drug-likeness (QED) is 0.504. The third-order valence-corrected chi connectivity index (χ3v) is 6.41. The number of hydrogen-bond acceptors (Lipinski definition) is 7. The summed E-state index contributed by atoms with van der Waals surface area (Å²) in [6.45, 7) is 5.89.